The Balaban J connectivity index is 1.94. The number of hydrogen-bond acceptors (Lipinski definition) is 5. The second kappa shape index (κ2) is 6.26. The Morgan fingerprint density at radius 3 is 2.79 bits per heavy atom. The van der Waals surface area contributed by atoms with Crippen LogP contribution >= 0.6 is 0 Å². The molecule has 2 aromatic heterocycles. The summed E-state index contributed by atoms with van der Waals surface area (Å²) in [7, 11) is 0. The third-order valence-corrected chi connectivity index (χ3v) is 4.26. The van der Waals surface area contributed by atoms with Gasteiger partial charge in [0.1, 0.15) is 11.9 Å². The lowest BCUT2D eigenvalue weighted by Gasteiger charge is -2.28. The number of hydrogen-bond donors (Lipinski definition) is 0. The van der Waals surface area contributed by atoms with Gasteiger partial charge in [0.25, 0.3) is 0 Å². The van der Waals surface area contributed by atoms with Crippen LogP contribution in [0.4, 0.5) is 5.82 Å². The highest BCUT2D eigenvalue weighted by atomic mass is 16.5. The fourth-order valence-corrected chi connectivity index (χ4v) is 3.03. The Hall–Kier alpha value is -2.97. The summed E-state index contributed by atoms with van der Waals surface area (Å²) in [6.07, 6.45) is 3.29. The van der Waals surface area contributed by atoms with Gasteiger partial charge in [-0.25, -0.2) is 4.98 Å². The molecule has 1 aliphatic rings. The molecule has 5 nitrogen and oxygen atoms in total. The molecule has 1 saturated heterocycles. The van der Waals surface area contributed by atoms with Crippen LogP contribution in [-0.4, -0.2) is 36.3 Å². The van der Waals surface area contributed by atoms with Crippen LogP contribution in [-0.2, 0) is 4.74 Å². The van der Waals surface area contributed by atoms with Crippen molar-refractivity contribution in [3.63, 3.8) is 0 Å². The predicted octanol–water partition coefficient (Wildman–Crippen LogP) is 3.01. The van der Waals surface area contributed by atoms with Crippen LogP contribution in [0.25, 0.3) is 22.0 Å². The number of rotatable bonds is 2. The van der Waals surface area contributed by atoms with E-state index in [-0.39, 0.29) is 0 Å². The van der Waals surface area contributed by atoms with E-state index < -0.39 is 0 Å². The van der Waals surface area contributed by atoms with E-state index in [4.69, 9.17) is 9.72 Å². The highest BCUT2D eigenvalue weighted by molar-refractivity contribution is 5.97. The van der Waals surface area contributed by atoms with Gasteiger partial charge >= 0.3 is 0 Å². The maximum Gasteiger partial charge on any atom is 0.130 e. The first-order valence-electron chi connectivity index (χ1n) is 7.94. The zero-order valence-electron chi connectivity index (χ0n) is 13.1. The number of pyridine rings is 2. The normalized spacial score (nSPS) is 14.5. The molecule has 1 fully saturated rings. The fourth-order valence-electron chi connectivity index (χ4n) is 3.03. The quantitative estimate of drug-likeness (QED) is 0.727. The molecule has 0 saturated carbocycles. The van der Waals surface area contributed by atoms with Crippen molar-refractivity contribution < 1.29 is 4.74 Å². The summed E-state index contributed by atoms with van der Waals surface area (Å²) in [5.74, 6) is 0.924. The van der Waals surface area contributed by atoms with Crippen LogP contribution in [0.3, 0.4) is 0 Å². The Bertz CT molecular complexity index is 926. The number of fused-ring (bicyclic) bond motifs is 1. The van der Waals surface area contributed by atoms with Gasteiger partial charge < -0.3 is 9.64 Å². The predicted molar refractivity (Wildman–Crippen MR) is 92.7 cm³/mol. The summed E-state index contributed by atoms with van der Waals surface area (Å²) in [6.45, 7) is 3.07. The van der Waals surface area contributed by atoms with Crippen molar-refractivity contribution in [2.75, 3.05) is 31.2 Å². The van der Waals surface area contributed by atoms with Gasteiger partial charge in [0.05, 0.1) is 24.5 Å². The van der Waals surface area contributed by atoms with Crippen LogP contribution < -0.4 is 4.90 Å². The van der Waals surface area contributed by atoms with E-state index in [1.165, 1.54) is 0 Å². The molecule has 118 valence electrons. The van der Waals surface area contributed by atoms with E-state index in [1.54, 1.807) is 12.4 Å². The molecule has 0 atom stereocenters. The fraction of sp³-hybridized carbons (Fsp3) is 0.211. The first-order valence-corrected chi connectivity index (χ1v) is 7.94. The lowest BCUT2D eigenvalue weighted by atomic mass is 10.0. The van der Waals surface area contributed by atoms with Gasteiger partial charge in [-0.1, -0.05) is 24.3 Å². The van der Waals surface area contributed by atoms with Crippen LogP contribution in [0, 0.1) is 11.3 Å². The van der Waals surface area contributed by atoms with E-state index >= 15 is 0 Å². The first-order chi connectivity index (χ1) is 11.9. The van der Waals surface area contributed by atoms with Crippen molar-refractivity contribution in [2.24, 2.45) is 0 Å². The first kappa shape index (κ1) is 14.6. The van der Waals surface area contributed by atoms with Gasteiger partial charge in [-0.05, 0) is 17.5 Å². The number of morpholine rings is 1. The SMILES string of the molecule is N#Cc1cnccc1-c1nc(N2CCOCC2)cc2ccccc12. The highest BCUT2D eigenvalue weighted by Gasteiger charge is 2.17. The summed E-state index contributed by atoms with van der Waals surface area (Å²) < 4.78 is 5.44. The number of nitrogens with zero attached hydrogens (tertiary/aromatic N) is 4. The molecule has 1 aromatic carbocycles. The lowest BCUT2D eigenvalue weighted by molar-refractivity contribution is 0.122. The van der Waals surface area contributed by atoms with Crippen molar-refractivity contribution in [1.82, 2.24) is 9.97 Å². The van der Waals surface area contributed by atoms with Crippen LogP contribution in [0.5, 0.6) is 0 Å². The van der Waals surface area contributed by atoms with Gasteiger partial charge in [-0.15, -0.1) is 0 Å². The number of aromatic nitrogens is 2. The number of ether oxygens (including phenoxy) is 1. The molecule has 3 heterocycles. The molecular weight excluding hydrogens is 300 g/mol. The van der Waals surface area contributed by atoms with Gasteiger partial charge in [0.15, 0.2) is 0 Å². The third-order valence-electron chi connectivity index (χ3n) is 4.26. The number of anilines is 1. The molecule has 4 rings (SSSR count). The molecule has 0 N–H and O–H groups in total. The Labute approximate surface area is 140 Å². The molecule has 1 aliphatic heterocycles. The summed E-state index contributed by atoms with van der Waals surface area (Å²) in [5.41, 5.74) is 2.18. The molecule has 0 spiro atoms. The van der Waals surface area contributed by atoms with Gasteiger partial charge in [0, 0.05) is 36.4 Å². The minimum absolute atomic E-state index is 0.536. The van der Waals surface area contributed by atoms with Crippen LogP contribution in [0.2, 0.25) is 0 Å². The largest absolute Gasteiger partial charge is 0.378 e. The van der Waals surface area contributed by atoms with Crippen LogP contribution in [0.15, 0.2) is 48.8 Å². The lowest BCUT2D eigenvalue weighted by Crippen LogP contribution is -2.36. The minimum Gasteiger partial charge on any atom is -0.378 e. The van der Waals surface area contributed by atoms with E-state index in [2.05, 4.69) is 28.1 Å². The zero-order valence-corrected chi connectivity index (χ0v) is 13.1. The summed E-state index contributed by atoms with van der Waals surface area (Å²) in [4.78, 5) is 11.2. The smallest absolute Gasteiger partial charge is 0.130 e. The van der Waals surface area contributed by atoms with Crippen molar-refractivity contribution in [1.29, 1.82) is 5.26 Å². The standard InChI is InChI=1S/C19H16N4O/c20-12-15-13-21-6-5-17(15)19-16-4-2-1-3-14(16)11-18(22-19)23-7-9-24-10-8-23/h1-6,11,13H,7-10H2. The molecule has 0 aliphatic carbocycles. The zero-order chi connectivity index (χ0) is 16.4. The van der Waals surface area contributed by atoms with Crippen molar-refractivity contribution in [3.05, 3.63) is 54.4 Å². The number of benzene rings is 1. The average molecular weight is 316 g/mol. The molecule has 0 radical (unpaired) electrons. The summed E-state index contributed by atoms with van der Waals surface area (Å²) in [6, 6.07) is 14.3. The molecule has 0 unspecified atom stereocenters. The Morgan fingerprint density at radius 1 is 1.12 bits per heavy atom. The maximum atomic E-state index is 9.43. The summed E-state index contributed by atoms with van der Waals surface area (Å²) >= 11 is 0. The minimum atomic E-state index is 0.536. The van der Waals surface area contributed by atoms with Crippen LogP contribution in [0.1, 0.15) is 5.56 Å². The molecule has 0 amide bonds. The van der Waals surface area contributed by atoms with E-state index in [1.807, 2.05) is 24.3 Å². The van der Waals surface area contributed by atoms with Gasteiger partial charge in [-0.2, -0.15) is 5.26 Å². The van der Waals surface area contributed by atoms with Crippen molar-refractivity contribution >= 4 is 16.6 Å². The van der Waals surface area contributed by atoms with Gasteiger partial charge in [0.2, 0.25) is 0 Å². The van der Waals surface area contributed by atoms with E-state index in [0.717, 1.165) is 40.9 Å². The topological polar surface area (TPSA) is 62.0 Å². The second-order valence-corrected chi connectivity index (χ2v) is 5.68. The molecule has 24 heavy (non-hydrogen) atoms. The second-order valence-electron chi connectivity index (χ2n) is 5.68. The molecular formula is C19H16N4O. The Kier molecular flexibility index (Phi) is 3.81. The van der Waals surface area contributed by atoms with Crippen molar-refractivity contribution in [2.45, 2.75) is 0 Å². The molecule has 0 bridgehead atoms. The average Bonchev–Trinajstić information content (AvgIpc) is 2.68. The van der Waals surface area contributed by atoms with Crippen molar-refractivity contribution in [3.8, 4) is 17.3 Å². The molecule has 3 aromatic rings. The van der Waals surface area contributed by atoms with E-state index in [0.29, 0.717) is 18.8 Å². The maximum absolute atomic E-state index is 9.43. The van der Waals surface area contributed by atoms with E-state index in [9.17, 15) is 5.26 Å². The highest BCUT2D eigenvalue weighted by Crippen LogP contribution is 2.32. The van der Waals surface area contributed by atoms with Gasteiger partial charge in [-0.3, -0.25) is 4.98 Å². The number of nitriles is 1. The molecule has 5 heteroatoms. The monoisotopic (exact) mass is 316 g/mol. The summed E-state index contributed by atoms with van der Waals surface area (Å²) in [5, 5.41) is 11.6. The third kappa shape index (κ3) is 2.57. The Morgan fingerprint density at radius 2 is 1.96 bits per heavy atom.